The van der Waals surface area contributed by atoms with Crippen LogP contribution >= 0.6 is 11.3 Å². The molecule has 0 bridgehead atoms. The second-order valence-corrected chi connectivity index (χ2v) is 5.30. The van der Waals surface area contributed by atoms with Gasteiger partial charge in [0.05, 0.1) is 11.0 Å². The van der Waals surface area contributed by atoms with Gasteiger partial charge in [-0.05, 0) is 30.9 Å². The highest BCUT2D eigenvalue weighted by Crippen LogP contribution is 2.08. The molecular weight excluding hydrogens is 272 g/mol. The van der Waals surface area contributed by atoms with Gasteiger partial charge in [-0.2, -0.15) is 4.98 Å². The Hall–Kier alpha value is -2.21. The SMILES string of the molecule is C/C=c1/[nH]n2/c(=C/c3cccs3)c(=O)nc-2nc1CC. The van der Waals surface area contributed by atoms with Crippen molar-refractivity contribution in [2.75, 3.05) is 0 Å². The molecule has 3 heterocycles. The largest absolute Gasteiger partial charge is 0.299 e. The van der Waals surface area contributed by atoms with E-state index in [4.69, 9.17) is 0 Å². The lowest BCUT2D eigenvalue weighted by Crippen LogP contribution is -2.33. The first-order chi connectivity index (χ1) is 9.72. The fourth-order valence-electron chi connectivity index (χ4n) is 2.09. The van der Waals surface area contributed by atoms with Crippen LogP contribution in [-0.4, -0.2) is 19.7 Å². The molecule has 0 amide bonds. The minimum absolute atomic E-state index is 0.266. The Bertz CT molecular complexity index is 873. The van der Waals surface area contributed by atoms with Gasteiger partial charge in [-0.15, -0.1) is 11.3 Å². The molecule has 5 nitrogen and oxygen atoms in total. The first kappa shape index (κ1) is 12.8. The summed E-state index contributed by atoms with van der Waals surface area (Å²) < 4.78 is 1.65. The summed E-state index contributed by atoms with van der Waals surface area (Å²) in [5.74, 6) is 0.417. The number of nitrogens with zero attached hydrogens (tertiary/aromatic N) is 3. The molecule has 0 spiro atoms. The maximum Gasteiger partial charge on any atom is 0.299 e. The summed E-state index contributed by atoms with van der Waals surface area (Å²) in [5.41, 5.74) is 0.644. The molecule has 102 valence electrons. The summed E-state index contributed by atoms with van der Waals surface area (Å²) in [6, 6.07) is 3.91. The fraction of sp³-hybridized carbons (Fsp3) is 0.214. The van der Waals surface area contributed by atoms with Crippen molar-refractivity contribution in [1.82, 2.24) is 19.7 Å². The maximum absolute atomic E-state index is 12.0. The second kappa shape index (κ2) is 5.05. The van der Waals surface area contributed by atoms with Gasteiger partial charge in [0.2, 0.25) is 0 Å². The number of rotatable bonds is 2. The topological polar surface area (TPSA) is 63.6 Å². The number of aryl methyl sites for hydroxylation is 1. The van der Waals surface area contributed by atoms with E-state index >= 15 is 0 Å². The summed E-state index contributed by atoms with van der Waals surface area (Å²) in [4.78, 5) is 21.5. The maximum atomic E-state index is 12.0. The number of nitrogens with one attached hydrogen (secondary N) is 1. The third-order valence-corrected chi connectivity index (χ3v) is 3.90. The number of hydrogen-bond donors (Lipinski definition) is 1. The van der Waals surface area contributed by atoms with Gasteiger partial charge in [-0.1, -0.05) is 19.1 Å². The number of aromatic nitrogens is 4. The highest BCUT2D eigenvalue weighted by atomic mass is 32.1. The van der Waals surface area contributed by atoms with Crippen molar-refractivity contribution >= 4 is 23.5 Å². The van der Waals surface area contributed by atoms with Gasteiger partial charge in [-0.25, -0.2) is 9.67 Å². The lowest BCUT2D eigenvalue weighted by molar-refractivity contribution is 0.732. The average Bonchev–Trinajstić information content (AvgIpc) is 3.06. The van der Waals surface area contributed by atoms with E-state index in [9.17, 15) is 4.79 Å². The molecule has 0 aromatic carbocycles. The molecule has 1 aromatic rings. The fourth-order valence-corrected chi connectivity index (χ4v) is 2.74. The van der Waals surface area contributed by atoms with Crippen LogP contribution in [0.5, 0.6) is 0 Å². The van der Waals surface area contributed by atoms with E-state index in [1.54, 1.807) is 16.0 Å². The van der Waals surface area contributed by atoms with E-state index in [1.807, 2.05) is 43.5 Å². The van der Waals surface area contributed by atoms with E-state index in [0.717, 1.165) is 22.3 Å². The molecule has 1 aromatic heterocycles. The third-order valence-electron chi connectivity index (χ3n) is 3.09. The van der Waals surface area contributed by atoms with E-state index in [0.29, 0.717) is 11.3 Å². The van der Waals surface area contributed by atoms with Gasteiger partial charge in [0, 0.05) is 4.88 Å². The van der Waals surface area contributed by atoms with Crippen molar-refractivity contribution in [3.63, 3.8) is 0 Å². The quantitative estimate of drug-likeness (QED) is 0.752. The van der Waals surface area contributed by atoms with Gasteiger partial charge < -0.3 is 0 Å². The molecule has 0 fully saturated rings. The number of aromatic amines is 1. The molecule has 20 heavy (non-hydrogen) atoms. The molecule has 1 N–H and O–H groups in total. The summed E-state index contributed by atoms with van der Waals surface area (Å²) in [5, 5.41) is 6.60. The molecular formula is C14H14N4OS. The Balaban J connectivity index is 2.36. The van der Waals surface area contributed by atoms with Crippen LogP contribution in [0.1, 0.15) is 24.4 Å². The summed E-state index contributed by atoms with van der Waals surface area (Å²) in [6.07, 6.45) is 4.57. The molecule has 6 heteroatoms. The first-order valence-electron chi connectivity index (χ1n) is 6.42. The standard InChI is InChI=1S/C14H14N4OS/c1-3-10-11(4-2)17-18-12(8-9-6-5-7-20-9)13(19)16-14(18)15-10/h4-8,17H,3H2,1-2H3/b11-4+,12-8+. The van der Waals surface area contributed by atoms with Crippen LogP contribution in [0.15, 0.2) is 22.3 Å². The Kier molecular flexibility index (Phi) is 3.23. The van der Waals surface area contributed by atoms with E-state index in [1.165, 1.54) is 0 Å². The van der Waals surface area contributed by atoms with Crippen molar-refractivity contribution in [2.24, 2.45) is 0 Å². The Morgan fingerprint density at radius 1 is 1.45 bits per heavy atom. The second-order valence-electron chi connectivity index (χ2n) is 4.32. The van der Waals surface area contributed by atoms with Gasteiger partial charge in [0.1, 0.15) is 5.35 Å². The monoisotopic (exact) mass is 286 g/mol. The molecule has 0 atom stereocenters. The number of hydrogen-bond acceptors (Lipinski definition) is 4. The van der Waals surface area contributed by atoms with Gasteiger partial charge in [-0.3, -0.25) is 9.89 Å². The summed E-state index contributed by atoms with van der Waals surface area (Å²) in [6.45, 7) is 3.97. The van der Waals surface area contributed by atoms with Crippen molar-refractivity contribution in [2.45, 2.75) is 20.3 Å². The van der Waals surface area contributed by atoms with E-state index < -0.39 is 0 Å². The van der Waals surface area contributed by atoms with Crippen molar-refractivity contribution in [3.05, 3.63) is 49.1 Å². The zero-order chi connectivity index (χ0) is 14.1. The van der Waals surface area contributed by atoms with Gasteiger partial charge in [0.25, 0.3) is 11.5 Å². The lowest BCUT2D eigenvalue weighted by atomic mass is 10.3. The summed E-state index contributed by atoms with van der Waals surface area (Å²) >= 11 is 1.58. The van der Waals surface area contributed by atoms with E-state index in [-0.39, 0.29) is 5.56 Å². The van der Waals surface area contributed by atoms with Gasteiger partial charge in [0.15, 0.2) is 0 Å². The van der Waals surface area contributed by atoms with Crippen molar-refractivity contribution < 1.29 is 0 Å². The van der Waals surface area contributed by atoms with Crippen LogP contribution in [0.25, 0.3) is 18.1 Å². The van der Waals surface area contributed by atoms with Crippen LogP contribution in [0.3, 0.4) is 0 Å². The lowest BCUT2D eigenvalue weighted by Gasteiger charge is -2.05. The van der Waals surface area contributed by atoms with Crippen LogP contribution in [-0.2, 0) is 6.42 Å². The Labute approximate surface area is 119 Å². The highest BCUT2D eigenvalue weighted by Gasteiger charge is 2.12. The van der Waals surface area contributed by atoms with Crippen molar-refractivity contribution in [1.29, 1.82) is 0 Å². The molecule has 2 aliphatic rings. The molecule has 0 radical (unpaired) electrons. The minimum atomic E-state index is -0.266. The Morgan fingerprint density at radius 2 is 2.30 bits per heavy atom. The normalized spacial score (nSPS) is 13.5. The van der Waals surface area contributed by atoms with Crippen molar-refractivity contribution in [3.8, 4) is 5.95 Å². The summed E-state index contributed by atoms with van der Waals surface area (Å²) in [7, 11) is 0. The molecule has 0 saturated heterocycles. The van der Waals surface area contributed by atoms with E-state index in [2.05, 4.69) is 15.1 Å². The number of H-pyrrole nitrogens is 1. The molecule has 0 unspecified atom stereocenters. The average molecular weight is 286 g/mol. The molecule has 2 aliphatic heterocycles. The molecule has 0 aliphatic carbocycles. The molecule has 3 rings (SSSR count). The first-order valence-corrected chi connectivity index (χ1v) is 7.30. The molecule has 0 saturated carbocycles. The number of imidazole rings is 1. The van der Waals surface area contributed by atoms with Crippen LogP contribution in [0.4, 0.5) is 0 Å². The predicted molar refractivity (Wildman–Crippen MR) is 79.8 cm³/mol. The zero-order valence-electron chi connectivity index (χ0n) is 11.3. The van der Waals surface area contributed by atoms with Crippen LogP contribution in [0.2, 0.25) is 0 Å². The number of thiophene rings is 1. The van der Waals surface area contributed by atoms with Crippen LogP contribution < -0.4 is 16.3 Å². The highest BCUT2D eigenvalue weighted by molar-refractivity contribution is 7.10. The minimum Gasteiger partial charge on any atom is -0.289 e. The third kappa shape index (κ3) is 2.08. The Morgan fingerprint density at radius 3 is 2.95 bits per heavy atom. The van der Waals surface area contributed by atoms with Crippen LogP contribution in [0, 0.1) is 0 Å². The zero-order valence-corrected chi connectivity index (χ0v) is 12.1. The van der Waals surface area contributed by atoms with Gasteiger partial charge >= 0.3 is 0 Å². The smallest absolute Gasteiger partial charge is 0.289 e. The predicted octanol–water partition coefficient (Wildman–Crippen LogP) is 0.646. The number of fused-ring (bicyclic) bond motifs is 1.